The maximum atomic E-state index is 6.45. The van der Waals surface area contributed by atoms with Crippen molar-refractivity contribution < 1.29 is 4.42 Å². The van der Waals surface area contributed by atoms with E-state index in [1.807, 2.05) is 12.1 Å². The Morgan fingerprint density at radius 2 is 0.747 bits per heavy atom. The zero-order valence-corrected chi connectivity index (χ0v) is 47.8. The fourth-order valence-corrected chi connectivity index (χ4v) is 13.7. The molecule has 0 unspecified atom stereocenters. The molecule has 2 aliphatic carbocycles. The van der Waals surface area contributed by atoms with Gasteiger partial charge in [0, 0.05) is 27.7 Å². The van der Waals surface area contributed by atoms with Gasteiger partial charge in [0.2, 0.25) is 0 Å². The quantitative estimate of drug-likeness (QED) is 0.151. The number of furan rings is 1. The van der Waals surface area contributed by atoms with Crippen LogP contribution >= 0.6 is 0 Å². The van der Waals surface area contributed by atoms with Crippen LogP contribution in [0.15, 0.2) is 277 Å². The van der Waals surface area contributed by atoms with Crippen LogP contribution in [0.3, 0.4) is 0 Å². The highest BCUT2D eigenvalue weighted by molar-refractivity contribution is 6.06. The number of anilines is 3. The largest absolute Gasteiger partial charge is 0.456 e. The van der Waals surface area contributed by atoms with Crippen LogP contribution in [0.25, 0.3) is 99.8 Å². The van der Waals surface area contributed by atoms with E-state index in [2.05, 4.69) is 307 Å². The summed E-state index contributed by atoms with van der Waals surface area (Å²) in [5.74, 6) is 0. The first-order chi connectivity index (χ1) is 40.4. The van der Waals surface area contributed by atoms with E-state index >= 15 is 0 Å². The molecule has 0 radical (unpaired) electrons. The third-order valence-corrected chi connectivity index (χ3v) is 17.9. The van der Waals surface area contributed by atoms with Crippen molar-refractivity contribution in [1.82, 2.24) is 0 Å². The summed E-state index contributed by atoms with van der Waals surface area (Å²) in [5, 5.41) is 2.25. The monoisotopic (exact) mass is 1070 g/mol. The molecule has 2 aliphatic rings. The summed E-state index contributed by atoms with van der Waals surface area (Å²) < 4.78 is 6.45. The Labute approximate surface area is 487 Å². The second-order valence-corrected chi connectivity index (χ2v) is 24.8. The predicted octanol–water partition coefficient (Wildman–Crippen LogP) is 22.3. The molecule has 0 saturated carbocycles. The van der Waals surface area contributed by atoms with Gasteiger partial charge in [-0.1, -0.05) is 260 Å². The average molecular weight is 1070 g/mol. The van der Waals surface area contributed by atoms with E-state index in [9.17, 15) is 0 Å². The van der Waals surface area contributed by atoms with Crippen LogP contribution in [0, 0.1) is 0 Å². The molecule has 1 spiro atoms. The minimum Gasteiger partial charge on any atom is -0.456 e. The van der Waals surface area contributed by atoms with Gasteiger partial charge in [-0.3, -0.25) is 0 Å². The molecule has 0 N–H and O–H groups in total. The van der Waals surface area contributed by atoms with Crippen LogP contribution in [0.5, 0.6) is 0 Å². The van der Waals surface area contributed by atoms with E-state index < -0.39 is 5.41 Å². The lowest BCUT2D eigenvalue weighted by molar-refractivity contribution is 0.586. The standard InChI is InChI=1S/C81H63NO/c1-79(2,3)57-39-45-67-68-46-40-58(80(4,5)6)51-75(68)81(74(67)50-57)72-32-17-14-29-65(72)66-43-37-55(48-73(66)81)52-35-41-59(42-36-52)82(60-24-20-23-54(47-60)56-38-44-71-70-31-16-19-34-77(70)83-78(71)49-56)76-33-18-15-30-69(76)64-28-13-12-27-63(64)62-26-11-10-25-61(62)53-21-8-7-9-22-53/h7-51H,1-6H3. The summed E-state index contributed by atoms with van der Waals surface area (Å²) in [6.45, 7) is 14.0. The molecule has 83 heavy (non-hydrogen) atoms. The number of hydrogen-bond acceptors (Lipinski definition) is 2. The number of fused-ring (bicyclic) bond motifs is 13. The summed E-state index contributed by atoms with van der Waals surface area (Å²) in [6.07, 6.45) is 0. The van der Waals surface area contributed by atoms with Crippen LogP contribution in [0.2, 0.25) is 0 Å². The van der Waals surface area contributed by atoms with Gasteiger partial charge in [0.1, 0.15) is 11.2 Å². The first kappa shape index (κ1) is 50.2. The molecule has 0 bridgehead atoms. The molecule has 2 heteroatoms. The van der Waals surface area contributed by atoms with Crippen LogP contribution in [0.1, 0.15) is 74.9 Å². The van der Waals surface area contributed by atoms with Gasteiger partial charge in [0.05, 0.1) is 11.1 Å². The lowest BCUT2D eigenvalue weighted by Crippen LogP contribution is -2.27. The molecule has 12 aromatic carbocycles. The number of nitrogens with zero attached hydrogens (tertiary/aromatic N) is 1. The molecule has 2 nitrogen and oxygen atoms in total. The van der Waals surface area contributed by atoms with E-state index in [1.54, 1.807) is 0 Å². The fraction of sp³-hybridized carbons (Fsp3) is 0.111. The lowest BCUT2D eigenvalue weighted by Gasteiger charge is -2.33. The van der Waals surface area contributed by atoms with Crippen LogP contribution in [-0.4, -0.2) is 0 Å². The van der Waals surface area contributed by atoms with Crippen molar-refractivity contribution in [2.24, 2.45) is 0 Å². The van der Waals surface area contributed by atoms with E-state index in [1.165, 1.54) is 83.5 Å². The van der Waals surface area contributed by atoms with Crippen molar-refractivity contribution in [3.8, 4) is 77.9 Å². The zero-order chi connectivity index (χ0) is 56.2. The Morgan fingerprint density at radius 1 is 0.277 bits per heavy atom. The SMILES string of the molecule is CC(C)(C)c1ccc2c(c1)C1(c3ccccc3-c3ccc(-c4ccc(N(c5cccc(-c6ccc7c(c6)oc6ccccc67)c5)c5ccccc5-c5ccccc5-c5ccccc5-c5ccccc5)cc4)cc31)c1cc(C(C)(C)C)ccc1-2. The fourth-order valence-electron chi connectivity index (χ4n) is 13.7. The van der Waals surface area contributed by atoms with E-state index in [-0.39, 0.29) is 10.8 Å². The van der Waals surface area contributed by atoms with Crippen molar-refractivity contribution in [3.05, 3.63) is 306 Å². The molecule has 0 fully saturated rings. The molecular weight excluding hydrogens is 1000 g/mol. The van der Waals surface area contributed by atoms with Crippen LogP contribution in [0.4, 0.5) is 17.1 Å². The highest BCUT2D eigenvalue weighted by atomic mass is 16.3. The van der Waals surface area contributed by atoms with Gasteiger partial charge in [-0.05, 0) is 171 Å². The number of rotatable bonds is 8. The van der Waals surface area contributed by atoms with Gasteiger partial charge in [-0.15, -0.1) is 0 Å². The smallest absolute Gasteiger partial charge is 0.136 e. The minimum absolute atomic E-state index is 0.0250. The first-order valence-corrected chi connectivity index (χ1v) is 29.2. The molecule has 1 heterocycles. The maximum absolute atomic E-state index is 6.45. The number of benzene rings is 12. The van der Waals surface area contributed by atoms with Crippen LogP contribution < -0.4 is 4.90 Å². The highest BCUT2D eigenvalue weighted by Gasteiger charge is 2.52. The Balaban J connectivity index is 0.896. The van der Waals surface area contributed by atoms with Gasteiger partial charge >= 0.3 is 0 Å². The van der Waals surface area contributed by atoms with Gasteiger partial charge in [-0.25, -0.2) is 0 Å². The molecule has 398 valence electrons. The second kappa shape index (κ2) is 19.2. The Hall–Kier alpha value is -9.76. The summed E-state index contributed by atoms with van der Waals surface area (Å²) in [6, 6.07) is 102. The summed E-state index contributed by atoms with van der Waals surface area (Å²) in [7, 11) is 0. The highest BCUT2D eigenvalue weighted by Crippen LogP contribution is 2.64. The lowest BCUT2D eigenvalue weighted by atomic mass is 9.68. The van der Waals surface area contributed by atoms with Crippen molar-refractivity contribution in [2.45, 2.75) is 57.8 Å². The van der Waals surface area contributed by atoms with Crippen molar-refractivity contribution >= 4 is 39.0 Å². The number of hydrogen-bond donors (Lipinski definition) is 0. The van der Waals surface area contributed by atoms with E-state index in [4.69, 9.17) is 4.42 Å². The maximum Gasteiger partial charge on any atom is 0.136 e. The molecule has 0 saturated heterocycles. The topological polar surface area (TPSA) is 16.4 Å². The Bertz CT molecular complexity index is 4630. The molecule has 13 aromatic rings. The molecule has 15 rings (SSSR count). The van der Waals surface area contributed by atoms with Gasteiger partial charge < -0.3 is 9.32 Å². The summed E-state index contributed by atoms with van der Waals surface area (Å²) in [5.41, 5.74) is 29.5. The minimum atomic E-state index is -0.493. The molecule has 0 aliphatic heterocycles. The Morgan fingerprint density at radius 3 is 1.43 bits per heavy atom. The predicted molar refractivity (Wildman–Crippen MR) is 349 cm³/mol. The van der Waals surface area contributed by atoms with Gasteiger partial charge in [-0.2, -0.15) is 0 Å². The number of para-hydroxylation sites is 2. The van der Waals surface area contributed by atoms with Crippen molar-refractivity contribution in [3.63, 3.8) is 0 Å². The molecule has 0 atom stereocenters. The van der Waals surface area contributed by atoms with Crippen molar-refractivity contribution in [2.75, 3.05) is 4.90 Å². The zero-order valence-electron chi connectivity index (χ0n) is 47.8. The average Bonchev–Trinajstić information content (AvgIpc) is 2.26. The first-order valence-electron chi connectivity index (χ1n) is 29.2. The van der Waals surface area contributed by atoms with E-state index in [0.29, 0.717) is 0 Å². The molecular formula is C81H63NO. The Kier molecular flexibility index (Phi) is 11.6. The summed E-state index contributed by atoms with van der Waals surface area (Å²) >= 11 is 0. The van der Waals surface area contributed by atoms with Crippen LogP contribution in [-0.2, 0) is 16.2 Å². The van der Waals surface area contributed by atoms with Crippen molar-refractivity contribution in [1.29, 1.82) is 0 Å². The van der Waals surface area contributed by atoms with Gasteiger partial charge in [0.25, 0.3) is 0 Å². The van der Waals surface area contributed by atoms with Gasteiger partial charge in [0.15, 0.2) is 0 Å². The second-order valence-electron chi connectivity index (χ2n) is 24.8. The third kappa shape index (κ3) is 8.14. The summed E-state index contributed by atoms with van der Waals surface area (Å²) in [4.78, 5) is 2.45. The molecule has 1 aromatic heterocycles. The third-order valence-electron chi connectivity index (χ3n) is 17.9. The van der Waals surface area contributed by atoms with E-state index in [0.717, 1.165) is 66.8 Å². The molecule has 0 amide bonds. The normalized spacial score (nSPS) is 13.0.